The molecular weight excluding hydrogens is 813 g/mol. The first kappa shape index (κ1) is 63.6. The number of allylic oxidation sites excluding steroid dienone is 10. The van der Waals surface area contributed by atoms with Crippen molar-refractivity contribution in [2.45, 2.75) is 297 Å². The van der Waals surface area contributed by atoms with E-state index in [1.807, 2.05) is 0 Å². The van der Waals surface area contributed by atoms with E-state index in [0.29, 0.717) is 19.4 Å². The summed E-state index contributed by atoms with van der Waals surface area (Å²) in [5, 5.41) is 0. The number of unbranched alkanes of at least 4 members (excludes halogenated alkanes) is 32. The highest BCUT2D eigenvalue weighted by Gasteiger charge is 2.16. The Balaban J connectivity index is 4.26. The molecular formula is C61H110O5. The molecule has 5 nitrogen and oxygen atoms in total. The van der Waals surface area contributed by atoms with E-state index in [9.17, 15) is 9.59 Å². The van der Waals surface area contributed by atoms with E-state index < -0.39 is 6.10 Å². The molecule has 0 radical (unpaired) electrons. The first-order chi connectivity index (χ1) is 32.6. The number of esters is 2. The zero-order valence-electron chi connectivity index (χ0n) is 44.2. The molecule has 5 heteroatoms. The topological polar surface area (TPSA) is 61.8 Å². The van der Waals surface area contributed by atoms with Crippen LogP contribution in [-0.2, 0) is 23.8 Å². The van der Waals surface area contributed by atoms with Gasteiger partial charge in [-0.05, 0) is 83.5 Å². The van der Waals surface area contributed by atoms with E-state index in [1.54, 1.807) is 0 Å². The van der Waals surface area contributed by atoms with Gasteiger partial charge in [0.25, 0.3) is 0 Å². The van der Waals surface area contributed by atoms with Crippen LogP contribution in [0.4, 0.5) is 0 Å². The van der Waals surface area contributed by atoms with E-state index >= 15 is 0 Å². The van der Waals surface area contributed by atoms with Crippen LogP contribution in [0.15, 0.2) is 60.8 Å². The molecule has 0 amide bonds. The van der Waals surface area contributed by atoms with Gasteiger partial charge in [-0.1, -0.05) is 255 Å². The summed E-state index contributed by atoms with van der Waals surface area (Å²) in [4.78, 5) is 25.3. The fourth-order valence-electron chi connectivity index (χ4n) is 8.24. The third-order valence-electron chi connectivity index (χ3n) is 12.6. The molecule has 66 heavy (non-hydrogen) atoms. The minimum Gasteiger partial charge on any atom is -0.463 e. The molecule has 0 aliphatic rings. The molecule has 0 rings (SSSR count). The highest BCUT2D eigenvalue weighted by molar-refractivity contribution is 5.69. The monoisotopic (exact) mass is 923 g/mol. The first-order valence-corrected chi connectivity index (χ1v) is 28.8. The van der Waals surface area contributed by atoms with Crippen LogP contribution in [-0.4, -0.2) is 37.9 Å². The van der Waals surface area contributed by atoms with Crippen molar-refractivity contribution in [2.24, 2.45) is 0 Å². The maximum Gasteiger partial charge on any atom is 0.305 e. The van der Waals surface area contributed by atoms with E-state index in [-0.39, 0.29) is 25.2 Å². The van der Waals surface area contributed by atoms with Crippen LogP contribution in [0.3, 0.4) is 0 Å². The van der Waals surface area contributed by atoms with Gasteiger partial charge in [0.2, 0.25) is 0 Å². The Kier molecular flexibility index (Phi) is 54.9. The van der Waals surface area contributed by atoms with Crippen molar-refractivity contribution in [3.8, 4) is 0 Å². The van der Waals surface area contributed by atoms with Gasteiger partial charge in [-0.15, -0.1) is 0 Å². The predicted octanol–water partition coefficient (Wildman–Crippen LogP) is 19.7. The Morgan fingerprint density at radius 3 is 1.00 bits per heavy atom. The molecule has 1 atom stereocenters. The van der Waals surface area contributed by atoms with Crippen LogP contribution in [0.1, 0.15) is 290 Å². The molecule has 0 heterocycles. The Bertz CT molecular complexity index is 1130. The lowest BCUT2D eigenvalue weighted by Crippen LogP contribution is -2.29. The number of rotatable bonds is 53. The summed E-state index contributed by atoms with van der Waals surface area (Å²) in [5.41, 5.74) is 0. The highest BCUT2D eigenvalue weighted by Crippen LogP contribution is 2.16. The SMILES string of the molecule is CC/C=C\C/C=C\C/C=C\CCCCCCCC(=O)OC[C@H](COC(=O)CCCCCCCCCCC/C=C\C/C=C\CCCCC)OCCCCCCCCCCCCCCCCCC. The second kappa shape index (κ2) is 56.9. The number of carbonyl (C=O) groups is 2. The fraction of sp³-hybridized carbons (Fsp3) is 0.803. The van der Waals surface area contributed by atoms with Gasteiger partial charge in [0, 0.05) is 19.4 Å². The number of hydrogen-bond acceptors (Lipinski definition) is 5. The molecule has 0 aromatic heterocycles. The van der Waals surface area contributed by atoms with Gasteiger partial charge >= 0.3 is 11.9 Å². The van der Waals surface area contributed by atoms with Gasteiger partial charge in [0.15, 0.2) is 0 Å². The third kappa shape index (κ3) is 54.2. The van der Waals surface area contributed by atoms with Gasteiger partial charge in [0.1, 0.15) is 19.3 Å². The maximum absolute atomic E-state index is 12.7. The van der Waals surface area contributed by atoms with Crippen molar-refractivity contribution >= 4 is 11.9 Å². The van der Waals surface area contributed by atoms with E-state index in [1.165, 1.54) is 180 Å². The average molecular weight is 924 g/mol. The zero-order chi connectivity index (χ0) is 47.7. The summed E-state index contributed by atoms with van der Waals surface area (Å²) >= 11 is 0. The lowest BCUT2D eigenvalue weighted by molar-refractivity contribution is -0.155. The Morgan fingerprint density at radius 2 is 0.621 bits per heavy atom. The van der Waals surface area contributed by atoms with Crippen molar-refractivity contribution in [3.05, 3.63) is 60.8 Å². The van der Waals surface area contributed by atoms with Gasteiger partial charge in [-0.3, -0.25) is 9.59 Å². The fourth-order valence-corrected chi connectivity index (χ4v) is 8.24. The summed E-state index contributed by atoms with van der Waals surface area (Å²) in [6.07, 6.45) is 72.6. The van der Waals surface area contributed by atoms with Crippen LogP contribution in [0, 0.1) is 0 Å². The summed E-state index contributed by atoms with van der Waals surface area (Å²) in [5.74, 6) is -0.347. The molecule has 0 aliphatic carbocycles. The smallest absolute Gasteiger partial charge is 0.305 e. The second-order valence-electron chi connectivity index (χ2n) is 19.2. The highest BCUT2D eigenvalue weighted by atomic mass is 16.6. The number of hydrogen-bond donors (Lipinski definition) is 0. The van der Waals surface area contributed by atoms with Gasteiger partial charge in [-0.25, -0.2) is 0 Å². The predicted molar refractivity (Wildman–Crippen MR) is 288 cm³/mol. The second-order valence-corrected chi connectivity index (χ2v) is 19.2. The zero-order valence-corrected chi connectivity index (χ0v) is 44.2. The molecule has 0 unspecified atom stereocenters. The standard InChI is InChI=1S/C61H110O5/c1-4-7-10-13-16-19-22-25-28-30-31-32-34-37-40-43-46-49-52-55-61(63)66-58-59(64-56-53-50-47-44-41-38-35-29-26-23-20-17-14-11-8-5-2)57-65-60(62)54-51-48-45-42-39-36-33-27-24-21-18-15-12-9-6-3/h9,12,16,18-19,21,25,27-28,33,59H,4-8,10-11,13-15,17,20,22-24,26,29-32,34-58H2,1-3H3/b12-9-,19-16-,21-18-,28-25-,33-27-/t59-/m1/s1. The van der Waals surface area contributed by atoms with Crippen molar-refractivity contribution in [3.63, 3.8) is 0 Å². The van der Waals surface area contributed by atoms with Crippen LogP contribution >= 0.6 is 0 Å². The van der Waals surface area contributed by atoms with Crippen molar-refractivity contribution in [2.75, 3.05) is 19.8 Å². The van der Waals surface area contributed by atoms with E-state index in [4.69, 9.17) is 14.2 Å². The Hall–Kier alpha value is -2.40. The molecule has 0 bridgehead atoms. The van der Waals surface area contributed by atoms with Crippen molar-refractivity contribution < 1.29 is 23.8 Å². The summed E-state index contributed by atoms with van der Waals surface area (Å²) in [6.45, 7) is 7.61. The molecule has 0 saturated carbocycles. The normalized spacial score (nSPS) is 12.6. The summed E-state index contributed by atoms with van der Waals surface area (Å²) < 4.78 is 17.5. The van der Waals surface area contributed by atoms with Gasteiger partial charge in [0.05, 0.1) is 0 Å². The minimum atomic E-state index is -0.408. The molecule has 0 N–H and O–H groups in total. The quantitative estimate of drug-likeness (QED) is 0.0346. The minimum absolute atomic E-state index is 0.148. The molecule has 0 aromatic rings. The van der Waals surface area contributed by atoms with Crippen molar-refractivity contribution in [1.29, 1.82) is 0 Å². The van der Waals surface area contributed by atoms with E-state index in [2.05, 4.69) is 81.5 Å². The summed E-state index contributed by atoms with van der Waals surface area (Å²) in [6, 6.07) is 0. The van der Waals surface area contributed by atoms with Gasteiger partial charge < -0.3 is 14.2 Å². The number of carbonyl (C=O) groups excluding carboxylic acids is 2. The summed E-state index contributed by atoms with van der Waals surface area (Å²) in [7, 11) is 0. The number of ether oxygens (including phenoxy) is 3. The molecule has 0 fully saturated rings. The first-order valence-electron chi connectivity index (χ1n) is 28.8. The molecule has 0 saturated heterocycles. The van der Waals surface area contributed by atoms with Crippen LogP contribution in [0.25, 0.3) is 0 Å². The Labute approximate surface area is 411 Å². The van der Waals surface area contributed by atoms with E-state index in [0.717, 1.165) is 77.0 Å². The lowest BCUT2D eigenvalue weighted by atomic mass is 10.0. The van der Waals surface area contributed by atoms with Crippen LogP contribution in [0.2, 0.25) is 0 Å². The lowest BCUT2D eigenvalue weighted by Gasteiger charge is -2.18. The molecule has 384 valence electrons. The third-order valence-corrected chi connectivity index (χ3v) is 12.6. The van der Waals surface area contributed by atoms with Crippen LogP contribution in [0.5, 0.6) is 0 Å². The molecule has 0 aliphatic heterocycles. The van der Waals surface area contributed by atoms with Gasteiger partial charge in [-0.2, -0.15) is 0 Å². The Morgan fingerprint density at radius 1 is 0.333 bits per heavy atom. The maximum atomic E-state index is 12.7. The van der Waals surface area contributed by atoms with Crippen LogP contribution < -0.4 is 0 Å². The van der Waals surface area contributed by atoms with Crippen molar-refractivity contribution in [1.82, 2.24) is 0 Å². The largest absolute Gasteiger partial charge is 0.463 e. The molecule has 0 spiro atoms. The average Bonchev–Trinajstić information content (AvgIpc) is 3.32. The molecule has 0 aromatic carbocycles.